The van der Waals surface area contributed by atoms with E-state index in [-0.39, 0.29) is 33.5 Å². The third-order valence-corrected chi connectivity index (χ3v) is 6.97. The van der Waals surface area contributed by atoms with Crippen LogP contribution in [0, 0.1) is 5.41 Å². The van der Waals surface area contributed by atoms with E-state index < -0.39 is 31.5 Å². The molecule has 2 aromatic rings. The van der Waals surface area contributed by atoms with E-state index in [0.717, 1.165) is 4.31 Å². The number of benzene rings is 1. The zero-order valence-electron chi connectivity index (χ0n) is 16.5. The van der Waals surface area contributed by atoms with E-state index >= 15 is 0 Å². The molecule has 0 amide bonds. The minimum atomic E-state index is -4.03. The van der Waals surface area contributed by atoms with E-state index in [0.29, 0.717) is 0 Å². The van der Waals surface area contributed by atoms with Crippen LogP contribution >= 0.6 is 11.6 Å². The molecule has 2 aromatic carbocycles. The SMILES string of the molecule is CC(Nc1c(Nc2ccc(Cl)c(S(=O)(=O)N(C)C)c2O)c(=O)c1=O)C(C)(C)C. The maximum absolute atomic E-state index is 12.4. The quantitative estimate of drug-likeness (QED) is 0.477. The molecule has 0 spiro atoms. The second-order valence-corrected chi connectivity index (χ2v) is 10.3. The average Bonchev–Trinajstić information content (AvgIpc) is 2.57. The smallest absolute Gasteiger partial charge is 0.253 e. The lowest BCUT2D eigenvalue weighted by molar-refractivity contribution is 0.359. The van der Waals surface area contributed by atoms with Crippen LogP contribution in [0.3, 0.4) is 0 Å². The Morgan fingerprint density at radius 1 is 1.11 bits per heavy atom. The summed E-state index contributed by atoms with van der Waals surface area (Å²) in [5, 5.41) is 16.0. The van der Waals surface area contributed by atoms with Gasteiger partial charge in [0, 0.05) is 20.1 Å². The summed E-state index contributed by atoms with van der Waals surface area (Å²) in [6.07, 6.45) is 0. The monoisotopic (exact) mass is 429 g/mol. The number of phenolic OH excluding ortho intramolecular Hbond substituents is 1. The molecular formula is C18H24ClN3O5S. The van der Waals surface area contributed by atoms with Crippen molar-refractivity contribution in [3.05, 3.63) is 37.6 Å². The van der Waals surface area contributed by atoms with Crippen molar-refractivity contribution >= 4 is 38.7 Å². The average molecular weight is 430 g/mol. The van der Waals surface area contributed by atoms with Crippen LogP contribution in [0.2, 0.25) is 5.02 Å². The lowest BCUT2D eigenvalue weighted by atomic mass is 9.87. The molecule has 0 aliphatic heterocycles. The van der Waals surface area contributed by atoms with E-state index in [1.54, 1.807) is 0 Å². The number of nitrogens with zero attached hydrogens (tertiary/aromatic N) is 1. The maximum Gasteiger partial charge on any atom is 0.253 e. The van der Waals surface area contributed by atoms with Crippen molar-refractivity contribution in [2.45, 2.75) is 38.6 Å². The predicted molar refractivity (Wildman–Crippen MR) is 111 cm³/mol. The molecule has 0 aliphatic carbocycles. The first-order valence-corrected chi connectivity index (χ1v) is 10.3. The van der Waals surface area contributed by atoms with E-state index in [1.807, 2.05) is 27.7 Å². The molecule has 0 saturated heterocycles. The molecule has 0 radical (unpaired) electrons. The van der Waals surface area contributed by atoms with Crippen molar-refractivity contribution in [2.24, 2.45) is 5.41 Å². The van der Waals surface area contributed by atoms with Crippen LogP contribution in [-0.2, 0) is 10.0 Å². The van der Waals surface area contributed by atoms with Crippen molar-refractivity contribution < 1.29 is 13.5 Å². The minimum Gasteiger partial charge on any atom is -0.504 e. The Morgan fingerprint density at radius 3 is 2.14 bits per heavy atom. The van der Waals surface area contributed by atoms with Crippen LogP contribution in [0.25, 0.3) is 0 Å². The zero-order valence-corrected chi connectivity index (χ0v) is 18.1. The number of anilines is 3. The standard InChI is InChI=1S/C18H24ClN3O5S/c1-9(18(2,3)4)20-12-13(16(25)15(12)24)21-11-8-7-10(19)17(14(11)23)28(26,27)22(5)6/h7-9,20-21,23H,1-6H3. The highest BCUT2D eigenvalue weighted by Crippen LogP contribution is 2.39. The molecule has 10 heteroatoms. The van der Waals surface area contributed by atoms with Crippen LogP contribution in [-0.4, -0.2) is 38.0 Å². The van der Waals surface area contributed by atoms with Crippen LogP contribution < -0.4 is 21.5 Å². The lowest BCUT2D eigenvalue weighted by Crippen LogP contribution is -2.41. The minimum absolute atomic E-state index is 0.0353. The topological polar surface area (TPSA) is 116 Å². The molecular weight excluding hydrogens is 406 g/mol. The predicted octanol–water partition coefficient (Wildman–Crippen LogP) is 2.48. The Labute approximate surface area is 168 Å². The number of rotatable bonds is 6. The highest BCUT2D eigenvalue weighted by atomic mass is 35.5. The molecule has 3 N–H and O–H groups in total. The fraction of sp³-hybridized carbons (Fsp3) is 0.444. The van der Waals surface area contributed by atoms with Gasteiger partial charge >= 0.3 is 0 Å². The van der Waals surface area contributed by atoms with Gasteiger partial charge in [-0.05, 0) is 24.5 Å². The van der Waals surface area contributed by atoms with Gasteiger partial charge in [0.05, 0.1) is 10.7 Å². The number of aromatic hydroxyl groups is 1. The number of nitrogens with one attached hydrogen (secondary N) is 2. The number of sulfonamides is 1. The number of hydrogen-bond acceptors (Lipinski definition) is 7. The van der Waals surface area contributed by atoms with Gasteiger partial charge in [-0.15, -0.1) is 0 Å². The van der Waals surface area contributed by atoms with Gasteiger partial charge in [-0.2, -0.15) is 0 Å². The summed E-state index contributed by atoms with van der Waals surface area (Å²) in [4.78, 5) is 23.5. The highest BCUT2D eigenvalue weighted by Gasteiger charge is 2.30. The summed E-state index contributed by atoms with van der Waals surface area (Å²) < 4.78 is 25.8. The Hall–Kier alpha value is -2.10. The molecule has 154 valence electrons. The molecule has 2 rings (SSSR count). The zero-order chi connectivity index (χ0) is 21.6. The summed E-state index contributed by atoms with van der Waals surface area (Å²) in [6.45, 7) is 7.81. The van der Waals surface area contributed by atoms with Gasteiger partial charge in [-0.25, -0.2) is 12.7 Å². The Kier molecular flexibility index (Phi) is 5.85. The van der Waals surface area contributed by atoms with Crippen molar-refractivity contribution in [3.8, 4) is 5.75 Å². The molecule has 1 atom stereocenters. The first-order chi connectivity index (χ1) is 12.7. The maximum atomic E-state index is 12.4. The van der Waals surface area contributed by atoms with Gasteiger partial charge in [0.25, 0.3) is 10.9 Å². The summed E-state index contributed by atoms with van der Waals surface area (Å²) in [6, 6.07) is 2.50. The number of hydrogen-bond donors (Lipinski definition) is 3. The largest absolute Gasteiger partial charge is 0.504 e. The van der Waals surface area contributed by atoms with Crippen LogP contribution in [0.1, 0.15) is 27.7 Å². The Bertz CT molecular complexity index is 1080. The van der Waals surface area contributed by atoms with E-state index in [1.165, 1.54) is 26.2 Å². The second kappa shape index (κ2) is 7.38. The molecule has 0 aliphatic rings. The molecule has 28 heavy (non-hydrogen) atoms. The van der Waals surface area contributed by atoms with Crippen LogP contribution in [0.15, 0.2) is 26.6 Å². The van der Waals surface area contributed by atoms with Crippen LogP contribution in [0.5, 0.6) is 5.75 Å². The van der Waals surface area contributed by atoms with E-state index in [9.17, 15) is 23.1 Å². The summed E-state index contributed by atoms with van der Waals surface area (Å²) in [5.74, 6) is -0.635. The second-order valence-electron chi connectivity index (χ2n) is 7.83. The van der Waals surface area contributed by atoms with Gasteiger partial charge in [-0.1, -0.05) is 32.4 Å². The summed E-state index contributed by atoms with van der Waals surface area (Å²) in [7, 11) is -1.43. The van der Waals surface area contributed by atoms with Crippen molar-refractivity contribution in [1.29, 1.82) is 0 Å². The summed E-state index contributed by atoms with van der Waals surface area (Å²) >= 11 is 5.98. The summed E-state index contributed by atoms with van der Waals surface area (Å²) in [5.41, 5.74) is -1.59. The van der Waals surface area contributed by atoms with Crippen molar-refractivity contribution in [1.82, 2.24) is 4.31 Å². The molecule has 8 nitrogen and oxygen atoms in total. The fourth-order valence-corrected chi connectivity index (χ4v) is 3.77. The van der Waals surface area contributed by atoms with Gasteiger partial charge in [-0.3, -0.25) is 9.59 Å². The Balaban J connectivity index is 2.48. The van der Waals surface area contributed by atoms with Gasteiger partial charge in [0.2, 0.25) is 10.0 Å². The normalized spacial score (nSPS) is 13.7. The third-order valence-electron chi connectivity index (χ3n) is 4.65. The molecule has 0 fully saturated rings. The fourth-order valence-electron chi connectivity index (χ4n) is 2.29. The van der Waals surface area contributed by atoms with E-state index in [4.69, 9.17) is 11.6 Å². The van der Waals surface area contributed by atoms with Crippen molar-refractivity contribution in [2.75, 3.05) is 24.7 Å². The Morgan fingerprint density at radius 2 is 1.64 bits per heavy atom. The number of phenols is 1. The molecule has 1 unspecified atom stereocenters. The van der Waals surface area contributed by atoms with E-state index in [2.05, 4.69) is 10.6 Å². The first-order valence-electron chi connectivity index (χ1n) is 8.50. The van der Waals surface area contributed by atoms with Gasteiger partial charge in [0.1, 0.15) is 16.3 Å². The third kappa shape index (κ3) is 3.87. The number of halogens is 1. The van der Waals surface area contributed by atoms with Crippen molar-refractivity contribution in [3.63, 3.8) is 0 Å². The molecule has 0 bridgehead atoms. The molecule has 0 saturated carbocycles. The lowest BCUT2D eigenvalue weighted by Gasteiger charge is -2.30. The van der Waals surface area contributed by atoms with Crippen LogP contribution in [0.4, 0.5) is 17.1 Å². The molecule has 0 heterocycles. The van der Waals surface area contributed by atoms with Gasteiger partial charge in [0.15, 0.2) is 5.75 Å². The van der Waals surface area contributed by atoms with Gasteiger partial charge < -0.3 is 15.7 Å². The first kappa shape index (κ1) is 22.2. The molecule has 0 aromatic heterocycles. The highest BCUT2D eigenvalue weighted by molar-refractivity contribution is 7.89.